The number of aromatic nitrogens is 2. The van der Waals surface area contributed by atoms with Crippen LogP contribution in [0, 0.1) is 0 Å². The largest absolute Gasteiger partial charge is 0.493 e. The number of anilines is 1. The Morgan fingerprint density at radius 3 is 2.47 bits per heavy atom. The SMILES string of the molecule is COc1ccc(-c2noc(CN(Cc3ccccc3)C(C)c3cccc(NC(C)=O)c3)n2)cc1OC. The lowest BCUT2D eigenvalue weighted by molar-refractivity contribution is -0.114. The molecule has 3 aromatic carbocycles. The number of methoxy groups -OCH3 is 2. The third-order valence-electron chi connectivity index (χ3n) is 5.91. The van der Waals surface area contributed by atoms with Gasteiger partial charge in [0, 0.05) is 30.8 Å². The van der Waals surface area contributed by atoms with Gasteiger partial charge >= 0.3 is 0 Å². The second-order valence-corrected chi connectivity index (χ2v) is 8.45. The molecule has 0 aliphatic heterocycles. The van der Waals surface area contributed by atoms with Crippen molar-refractivity contribution < 1.29 is 18.8 Å². The Bertz CT molecular complexity index is 1310. The molecule has 0 radical (unpaired) electrons. The highest BCUT2D eigenvalue weighted by Crippen LogP contribution is 2.32. The van der Waals surface area contributed by atoms with Gasteiger partial charge in [-0.2, -0.15) is 4.98 Å². The van der Waals surface area contributed by atoms with Crippen LogP contribution in [0.2, 0.25) is 0 Å². The number of rotatable bonds is 10. The third-order valence-corrected chi connectivity index (χ3v) is 5.91. The molecule has 1 aromatic heterocycles. The van der Waals surface area contributed by atoms with Crippen molar-refractivity contribution in [2.75, 3.05) is 19.5 Å². The first-order valence-corrected chi connectivity index (χ1v) is 11.7. The Morgan fingerprint density at radius 2 is 1.75 bits per heavy atom. The Kier molecular flexibility index (Phi) is 7.97. The summed E-state index contributed by atoms with van der Waals surface area (Å²) in [5.41, 5.74) is 3.77. The first-order valence-electron chi connectivity index (χ1n) is 11.7. The van der Waals surface area contributed by atoms with Crippen LogP contribution in [0.1, 0.15) is 36.9 Å². The Hall–Kier alpha value is -4.17. The van der Waals surface area contributed by atoms with Crippen molar-refractivity contribution in [1.82, 2.24) is 15.0 Å². The highest BCUT2D eigenvalue weighted by Gasteiger charge is 2.21. The van der Waals surface area contributed by atoms with Gasteiger partial charge in [-0.05, 0) is 48.4 Å². The van der Waals surface area contributed by atoms with Crippen molar-refractivity contribution in [2.45, 2.75) is 33.0 Å². The Balaban J connectivity index is 1.60. The number of hydrogen-bond donors (Lipinski definition) is 1. The molecular weight excluding hydrogens is 456 g/mol. The molecule has 0 saturated carbocycles. The molecule has 1 heterocycles. The van der Waals surface area contributed by atoms with Gasteiger partial charge in [-0.3, -0.25) is 9.69 Å². The van der Waals surface area contributed by atoms with Crippen molar-refractivity contribution >= 4 is 11.6 Å². The molecule has 0 spiro atoms. The van der Waals surface area contributed by atoms with E-state index in [9.17, 15) is 4.79 Å². The molecular formula is C28H30N4O4. The van der Waals surface area contributed by atoms with Gasteiger partial charge in [-0.15, -0.1) is 0 Å². The van der Waals surface area contributed by atoms with E-state index in [-0.39, 0.29) is 11.9 Å². The summed E-state index contributed by atoms with van der Waals surface area (Å²) in [6, 6.07) is 23.6. The summed E-state index contributed by atoms with van der Waals surface area (Å²) in [5.74, 6) is 2.11. The quantitative estimate of drug-likeness (QED) is 0.318. The first kappa shape index (κ1) is 24.9. The number of ether oxygens (including phenoxy) is 2. The van der Waals surface area contributed by atoms with Gasteiger partial charge in [0.1, 0.15) is 0 Å². The zero-order valence-electron chi connectivity index (χ0n) is 20.9. The lowest BCUT2D eigenvalue weighted by Crippen LogP contribution is -2.26. The maximum absolute atomic E-state index is 11.5. The van der Waals surface area contributed by atoms with Crippen LogP contribution in [0.25, 0.3) is 11.4 Å². The molecule has 0 fully saturated rings. The van der Waals surface area contributed by atoms with Gasteiger partial charge in [-0.25, -0.2) is 0 Å². The van der Waals surface area contributed by atoms with E-state index in [2.05, 4.69) is 45.5 Å². The number of amides is 1. The molecule has 186 valence electrons. The molecule has 4 aromatic rings. The van der Waals surface area contributed by atoms with Crippen LogP contribution in [-0.2, 0) is 17.9 Å². The van der Waals surface area contributed by atoms with Gasteiger partial charge in [0.25, 0.3) is 0 Å². The zero-order chi connectivity index (χ0) is 25.5. The molecule has 1 unspecified atom stereocenters. The minimum Gasteiger partial charge on any atom is -0.493 e. The molecule has 1 N–H and O–H groups in total. The molecule has 4 rings (SSSR count). The lowest BCUT2D eigenvalue weighted by atomic mass is 10.0. The average Bonchev–Trinajstić information content (AvgIpc) is 3.36. The predicted molar refractivity (Wildman–Crippen MR) is 138 cm³/mol. The van der Waals surface area contributed by atoms with Crippen LogP contribution in [-0.4, -0.2) is 35.2 Å². The molecule has 1 atom stereocenters. The summed E-state index contributed by atoms with van der Waals surface area (Å²) in [5, 5.41) is 7.06. The maximum Gasteiger partial charge on any atom is 0.241 e. The Morgan fingerprint density at radius 1 is 0.972 bits per heavy atom. The van der Waals surface area contributed by atoms with E-state index in [0.29, 0.717) is 36.3 Å². The smallest absolute Gasteiger partial charge is 0.241 e. The van der Waals surface area contributed by atoms with Crippen molar-refractivity contribution in [2.24, 2.45) is 0 Å². The number of nitrogens with zero attached hydrogens (tertiary/aromatic N) is 3. The summed E-state index contributed by atoms with van der Waals surface area (Å²) < 4.78 is 16.4. The van der Waals surface area contributed by atoms with Crippen LogP contribution < -0.4 is 14.8 Å². The normalized spacial score (nSPS) is 11.8. The number of hydrogen-bond acceptors (Lipinski definition) is 7. The van der Waals surface area contributed by atoms with Crippen LogP contribution in [0.3, 0.4) is 0 Å². The van der Waals surface area contributed by atoms with E-state index in [1.54, 1.807) is 14.2 Å². The molecule has 1 amide bonds. The number of benzene rings is 3. The second-order valence-electron chi connectivity index (χ2n) is 8.45. The van der Waals surface area contributed by atoms with E-state index in [0.717, 1.165) is 16.8 Å². The third kappa shape index (κ3) is 6.09. The topological polar surface area (TPSA) is 89.7 Å². The minimum atomic E-state index is -0.102. The first-order chi connectivity index (χ1) is 17.5. The molecule has 36 heavy (non-hydrogen) atoms. The number of carbonyl (C=O) groups excluding carboxylic acids is 1. The standard InChI is InChI=1S/C28H30N4O4/c1-19(22-11-8-12-24(15-22)29-20(2)33)32(17-21-9-6-5-7-10-21)18-27-30-28(31-36-27)23-13-14-25(34-3)26(16-23)35-4/h5-16,19H,17-18H2,1-4H3,(H,29,33). The molecule has 0 aliphatic rings. The second kappa shape index (κ2) is 11.5. The van der Waals surface area contributed by atoms with Crippen molar-refractivity contribution in [1.29, 1.82) is 0 Å². The van der Waals surface area contributed by atoms with Crippen LogP contribution in [0.15, 0.2) is 77.3 Å². The summed E-state index contributed by atoms with van der Waals surface area (Å²) in [6.45, 7) is 4.76. The van der Waals surface area contributed by atoms with Gasteiger partial charge < -0.3 is 19.3 Å². The minimum absolute atomic E-state index is 0.00958. The lowest BCUT2D eigenvalue weighted by Gasteiger charge is -2.28. The van der Waals surface area contributed by atoms with Crippen molar-refractivity contribution in [3.05, 3.63) is 89.8 Å². The van der Waals surface area contributed by atoms with Gasteiger partial charge in [0.15, 0.2) is 11.5 Å². The van der Waals surface area contributed by atoms with E-state index in [1.807, 2.05) is 54.6 Å². The fourth-order valence-electron chi connectivity index (χ4n) is 4.02. The van der Waals surface area contributed by atoms with E-state index in [4.69, 9.17) is 14.0 Å². The number of carbonyl (C=O) groups is 1. The fourth-order valence-corrected chi connectivity index (χ4v) is 4.02. The van der Waals surface area contributed by atoms with Gasteiger partial charge in [-0.1, -0.05) is 47.6 Å². The van der Waals surface area contributed by atoms with Gasteiger partial charge in [0.05, 0.1) is 20.8 Å². The highest BCUT2D eigenvalue weighted by atomic mass is 16.5. The summed E-state index contributed by atoms with van der Waals surface area (Å²) in [4.78, 5) is 18.5. The number of nitrogens with one attached hydrogen (secondary N) is 1. The van der Waals surface area contributed by atoms with Crippen LogP contribution in [0.4, 0.5) is 5.69 Å². The summed E-state index contributed by atoms with van der Waals surface area (Å²) in [6.07, 6.45) is 0. The maximum atomic E-state index is 11.5. The monoisotopic (exact) mass is 486 g/mol. The van der Waals surface area contributed by atoms with E-state index < -0.39 is 0 Å². The van der Waals surface area contributed by atoms with E-state index >= 15 is 0 Å². The molecule has 0 aliphatic carbocycles. The average molecular weight is 487 g/mol. The molecule has 8 nitrogen and oxygen atoms in total. The molecule has 8 heteroatoms. The Labute approximate surface area is 210 Å². The van der Waals surface area contributed by atoms with Crippen LogP contribution in [0.5, 0.6) is 11.5 Å². The summed E-state index contributed by atoms with van der Waals surface area (Å²) in [7, 11) is 3.19. The highest BCUT2D eigenvalue weighted by molar-refractivity contribution is 5.88. The summed E-state index contributed by atoms with van der Waals surface area (Å²) >= 11 is 0. The molecule has 0 saturated heterocycles. The van der Waals surface area contributed by atoms with Gasteiger partial charge in [0.2, 0.25) is 17.6 Å². The van der Waals surface area contributed by atoms with E-state index in [1.165, 1.54) is 12.5 Å². The molecule has 0 bridgehead atoms. The fraction of sp³-hybridized carbons (Fsp3) is 0.250. The predicted octanol–water partition coefficient (Wildman–Crippen LogP) is 5.48. The van der Waals surface area contributed by atoms with Crippen molar-refractivity contribution in [3.63, 3.8) is 0 Å². The van der Waals surface area contributed by atoms with Crippen molar-refractivity contribution in [3.8, 4) is 22.9 Å². The zero-order valence-corrected chi connectivity index (χ0v) is 20.9. The van der Waals surface area contributed by atoms with Crippen LogP contribution >= 0.6 is 0 Å².